The lowest BCUT2D eigenvalue weighted by atomic mass is 9.99. The first-order valence-electron chi connectivity index (χ1n) is 9.74. The van der Waals surface area contributed by atoms with Gasteiger partial charge in [0.05, 0.1) is 0 Å². The second-order valence-electron chi connectivity index (χ2n) is 7.89. The number of halogens is 1. The fraction of sp³-hybridized carbons (Fsp3) is 0.391. The Bertz CT molecular complexity index is 877. The van der Waals surface area contributed by atoms with E-state index < -0.39 is 6.04 Å². The van der Waals surface area contributed by atoms with Crippen molar-refractivity contribution in [3.8, 4) is 11.1 Å². The number of carbonyl (C=O) groups is 2. The molecule has 0 saturated carbocycles. The molecule has 0 aliphatic carbocycles. The number of carbonyl (C=O) groups excluding carboxylic acids is 2. The minimum absolute atomic E-state index is 0.000283. The molecular formula is C23H27FN2O2. The van der Waals surface area contributed by atoms with Gasteiger partial charge in [0.25, 0.3) is 5.91 Å². The second-order valence-corrected chi connectivity index (χ2v) is 7.89. The van der Waals surface area contributed by atoms with Gasteiger partial charge < -0.3 is 9.80 Å². The van der Waals surface area contributed by atoms with Crippen LogP contribution in [0.15, 0.2) is 42.5 Å². The van der Waals surface area contributed by atoms with Crippen LogP contribution in [0.25, 0.3) is 11.1 Å². The molecule has 2 aromatic rings. The molecule has 0 aromatic heterocycles. The summed E-state index contributed by atoms with van der Waals surface area (Å²) in [5.74, 6) is -0.0301. The molecule has 1 aliphatic heterocycles. The Labute approximate surface area is 166 Å². The van der Waals surface area contributed by atoms with E-state index in [2.05, 4.69) is 13.8 Å². The molecular weight excluding hydrogens is 355 g/mol. The summed E-state index contributed by atoms with van der Waals surface area (Å²) in [7, 11) is 0. The number of piperazine rings is 1. The number of hydrogen-bond acceptors (Lipinski definition) is 2. The summed E-state index contributed by atoms with van der Waals surface area (Å²) in [6, 6.07) is 11.4. The standard InChI is InChI=1S/C23H27FN2O2/c1-15(2)14-25-11-12-26(17(4)22(25)27)23(28)19-8-6-18(7-9-19)21-13-20(24)10-5-16(21)3/h5-10,13,15,17H,11-12,14H2,1-4H3. The lowest BCUT2D eigenvalue weighted by molar-refractivity contribution is -0.140. The third-order valence-corrected chi connectivity index (χ3v) is 5.24. The largest absolute Gasteiger partial charge is 0.339 e. The smallest absolute Gasteiger partial charge is 0.254 e. The summed E-state index contributed by atoms with van der Waals surface area (Å²) in [5.41, 5.74) is 3.18. The van der Waals surface area contributed by atoms with Crippen molar-refractivity contribution in [1.29, 1.82) is 0 Å². The van der Waals surface area contributed by atoms with E-state index in [-0.39, 0.29) is 17.6 Å². The third kappa shape index (κ3) is 4.08. The molecule has 28 heavy (non-hydrogen) atoms. The maximum Gasteiger partial charge on any atom is 0.254 e. The molecule has 1 fully saturated rings. The van der Waals surface area contributed by atoms with Gasteiger partial charge >= 0.3 is 0 Å². The number of benzene rings is 2. The summed E-state index contributed by atoms with van der Waals surface area (Å²) in [6.07, 6.45) is 0. The van der Waals surface area contributed by atoms with E-state index in [4.69, 9.17) is 0 Å². The Morgan fingerprint density at radius 3 is 2.46 bits per heavy atom. The summed E-state index contributed by atoms with van der Waals surface area (Å²) in [4.78, 5) is 29.0. The highest BCUT2D eigenvalue weighted by Crippen LogP contribution is 2.25. The van der Waals surface area contributed by atoms with Crippen molar-refractivity contribution in [2.75, 3.05) is 19.6 Å². The lowest BCUT2D eigenvalue weighted by Gasteiger charge is -2.39. The predicted octanol–water partition coefficient (Wildman–Crippen LogP) is 4.13. The van der Waals surface area contributed by atoms with E-state index in [1.807, 2.05) is 24.0 Å². The Kier molecular flexibility index (Phi) is 5.82. The number of aryl methyl sites for hydroxylation is 1. The first-order valence-corrected chi connectivity index (χ1v) is 9.74. The van der Waals surface area contributed by atoms with Gasteiger partial charge in [0, 0.05) is 25.2 Å². The summed E-state index contributed by atoms with van der Waals surface area (Å²) in [5, 5.41) is 0. The maximum atomic E-state index is 13.6. The number of rotatable bonds is 4. The van der Waals surface area contributed by atoms with Crippen LogP contribution in [0.4, 0.5) is 4.39 Å². The van der Waals surface area contributed by atoms with E-state index >= 15 is 0 Å². The van der Waals surface area contributed by atoms with Crippen LogP contribution >= 0.6 is 0 Å². The van der Waals surface area contributed by atoms with Crippen molar-refractivity contribution in [2.24, 2.45) is 5.92 Å². The molecule has 5 heteroatoms. The van der Waals surface area contributed by atoms with Crippen LogP contribution in [-0.2, 0) is 4.79 Å². The Hall–Kier alpha value is -2.69. The van der Waals surface area contributed by atoms with Gasteiger partial charge in [-0.05, 0) is 60.7 Å². The van der Waals surface area contributed by atoms with Crippen molar-refractivity contribution in [2.45, 2.75) is 33.7 Å². The second kappa shape index (κ2) is 8.13. The quantitative estimate of drug-likeness (QED) is 0.798. The molecule has 1 unspecified atom stereocenters. The van der Waals surface area contributed by atoms with Gasteiger partial charge in [-0.15, -0.1) is 0 Å². The van der Waals surface area contributed by atoms with Crippen molar-refractivity contribution in [3.05, 3.63) is 59.4 Å². The fourth-order valence-electron chi connectivity index (χ4n) is 3.69. The Balaban J connectivity index is 1.76. The molecule has 1 aliphatic rings. The number of amides is 2. The molecule has 4 nitrogen and oxygen atoms in total. The highest BCUT2D eigenvalue weighted by Gasteiger charge is 2.34. The van der Waals surface area contributed by atoms with Crippen LogP contribution in [-0.4, -0.2) is 47.3 Å². The van der Waals surface area contributed by atoms with Gasteiger partial charge in [0.1, 0.15) is 11.9 Å². The molecule has 0 bridgehead atoms. The fourth-order valence-corrected chi connectivity index (χ4v) is 3.69. The first kappa shape index (κ1) is 20.1. The zero-order valence-electron chi connectivity index (χ0n) is 16.9. The Morgan fingerprint density at radius 1 is 1.14 bits per heavy atom. The van der Waals surface area contributed by atoms with Crippen LogP contribution in [0.1, 0.15) is 36.7 Å². The van der Waals surface area contributed by atoms with E-state index in [9.17, 15) is 14.0 Å². The van der Waals surface area contributed by atoms with Gasteiger partial charge in [-0.25, -0.2) is 4.39 Å². The van der Waals surface area contributed by atoms with Crippen LogP contribution in [0.5, 0.6) is 0 Å². The van der Waals surface area contributed by atoms with Crippen molar-refractivity contribution in [1.82, 2.24) is 9.80 Å². The highest BCUT2D eigenvalue weighted by molar-refractivity contribution is 5.98. The highest BCUT2D eigenvalue weighted by atomic mass is 19.1. The molecule has 148 valence electrons. The Morgan fingerprint density at radius 2 is 1.82 bits per heavy atom. The van der Waals surface area contributed by atoms with Crippen molar-refractivity contribution >= 4 is 11.8 Å². The molecule has 2 amide bonds. The number of nitrogens with zero attached hydrogens (tertiary/aromatic N) is 2. The normalized spacial score (nSPS) is 17.4. The van der Waals surface area contributed by atoms with E-state index in [1.54, 1.807) is 30.0 Å². The molecule has 1 atom stereocenters. The summed E-state index contributed by atoms with van der Waals surface area (Å²) < 4.78 is 13.6. The zero-order valence-corrected chi connectivity index (χ0v) is 16.9. The number of hydrogen-bond donors (Lipinski definition) is 0. The van der Waals surface area contributed by atoms with Gasteiger partial charge in [-0.3, -0.25) is 9.59 Å². The monoisotopic (exact) mass is 382 g/mol. The molecule has 1 heterocycles. The van der Waals surface area contributed by atoms with Crippen LogP contribution < -0.4 is 0 Å². The SMILES string of the molecule is Cc1ccc(F)cc1-c1ccc(C(=O)N2CCN(CC(C)C)C(=O)C2C)cc1. The molecule has 0 radical (unpaired) electrons. The lowest BCUT2D eigenvalue weighted by Crippen LogP contribution is -2.58. The molecule has 1 saturated heterocycles. The van der Waals surface area contributed by atoms with E-state index in [0.717, 1.165) is 16.7 Å². The van der Waals surface area contributed by atoms with E-state index in [1.165, 1.54) is 12.1 Å². The minimum atomic E-state index is -0.467. The summed E-state index contributed by atoms with van der Waals surface area (Å²) >= 11 is 0. The maximum absolute atomic E-state index is 13.6. The molecule has 3 rings (SSSR count). The summed E-state index contributed by atoms with van der Waals surface area (Å²) in [6.45, 7) is 9.69. The van der Waals surface area contributed by atoms with Crippen molar-refractivity contribution in [3.63, 3.8) is 0 Å². The molecule has 0 spiro atoms. The minimum Gasteiger partial charge on any atom is -0.339 e. The predicted molar refractivity (Wildman–Crippen MR) is 108 cm³/mol. The van der Waals surface area contributed by atoms with E-state index in [0.29, 0.717) is 31.1 Å². The van der Waals surface area contributed by atoms with Crippen LogP contribution in [0.3, 0.4) is 0 Å². The first-order chi connectivity index (χ1) is 13.3. The topological polar surface area (TPSA) is 40.6 Å². The average Bonchev–Trinajstić information content (AvgIpc) is 2.67. The third-order valence-electron chi connectivity index (χ3n) is 5.24. The van der Waals surface area contributed by atoms with Gasteiger partial charge in [0.15, 0.2) is 0 Å². The molecule has 0 N–H and O–H groups in total. The van der Waals surface area contributed by atoms with Crippen molar-refractivity contribution < 1.29 is 14.0 Å². The average molecular weight is 382 g/mol. The van der Waals surface area contributed by atoms with Crippen LogP contribution in [0.2, 0.25) is 0 Å². The van der Waals surface area contributed by atoms with Crippen LogP contribution in [0, 0.1) is 18.7 Å². The zero-order chi connectivity index (χ0) is 20.4. The molecule has 2 aromatic carbocycles. The van der Waals surface area contributed by atoms with Gasteiger partial charge in [-0.2, -0.15) is 0 Å². The van der Waals surface area contributed by atoms with Gasteiger partial charge in [0.2, 0.25) is 5.91 Å². The van der Waals surface area contributed by atoms with Gasteiger partial charge in [-0.1, -0.05) is 32.0 Å².